The van der Waals surface area contributed by atoms with Crippen LogP contribution in [0.15, 0.2) is 0 Å². The van der Waals surface area contributed by atoms with Crippen molar-refractivity contribution in [3.05, 3.63) is 0 Å². The summed E-state index contributed by atoms with van der Waals surface area (Å²) < 4.78 is 12.1. The maximum Gasteiger partial charge on any atom is 0.0396 e. The average molecular weight is 247 g/mol. The molecule has 0 fully saturated rings. The number of hydrogen-bond donors (Lipinski definition) is 1. The van der Waals surface area contributed by atoms with Crippen LogP contribution in [-0.4, -0.2) is 27.8 Å². The van der Waals surface area contributed by atoms with Crippen molar-refractivity contribution in [1.82, 2.24) is 5.32 Å². The molecular weight excluding hydrogens is 218 g/mol. The first-order chi connectivity index (χ1) is 7.32. The fraction of sp³-hybridized carbons (Fsp3) is 1.00. The Labute approximate surface area is 104 Å². The van der Waals surface area contributed by atoms with Crippen LogP contribution in [0.25, 0.3) is 0 Å². The topological polar surface area (TPSA) is 29.1 Å². The van der Waals surface area contributed by atoms with Crippen LogP contribution < -0.4 is 5.32 Å². The highest BCUT2D eigenvalue weighted by atomic mass is 32.2. The van der Waals surface area contributed by atoms with E-state index in [2.05, 4.69) is 46.9 Å². The molecule has 0 aliphatic rings. The smallest absolute Gasteiger partial charge is 0.0396 e. The molecule has 0 heterocycles. The molecule has 0 aliphatic heterocycles. The Morgan fingerprint density at radius 2 is 1.81 bits per heavy atom. The van der Waals surface area contributed by atoms with Crippen molar-refractivity contribution in [3.63, 3.8) is 0 Å². The molecule has 0 aromatic rings. The fourth-order valence-corrected chi connectivity index (χ4v) is 3.09. The van der Waals surface area contributed by atoms with Crippen LogP contribution >= 0.6 is 0 Å². The first-order valence-electron chi connectivity index (χ1n) is 6.43. The van der Waals surface area contributed by atoms with E-state index in [1.54, 1.807) is 0 Å². The minimum absolute atomic E-state index is 0.179. The lowest BCUT2D eigenvalue weighted by molar-refractivity contribution is 0.290. The van der Waals surface area contributed by atoms with E-state index in [-0.39, 0.29) is 5.41 Å². The highest BCUT2D eigenvalue weighted by molar-refractivity contribution is 7.85. The quantitative estimate of drug-likeness (QED) is 0.749. The van der Waals surface area contributed by atoms with Crippen molar-refractivity contribution >= 4 is 10.8 Å². The first-order valence-corrected chi connectivity index (χ1v) is 7.81. The van der Waals surface area contributed by atoms with Gasteiger partial charge < -0.3 is 5.32 Å². The molecule has 0 radical (unpaired) electrons. The van der Waals surface area contributed by atoms with E-state index in [0.29, 0.717) is 11.3 Å². The molecule has 3 atom stereocenters. The predicted molar refractivity (Wildman–Crippen MR) is 74.3 cm³/mol. The second kappa shape index (κ2) is 7.44. The fourth-order valence-electron chi connectivity index (χ4n) is 1.45. The van der Waals surface area contributed by atoms with Crippen molar-refractivity contribution in [2.75, 3.05) is 12.3 Å². The van der Waals surface area contributed by atoms with Gasteiger partial charge in [0.2, 0.25) is 0 Å². The van der Waals surface area contributed by atoms with E-state index in [1.165, 1.54) is 0 Å². The van der Waals surface area contributed by atoms with Gasteiger partial charge in [-0.3, -0.25) is 4.21 Å². The van der Waals surface area contributed by atoms with Gasteiger partial charge in [0.1, 0.15) is 0 Å². The molecule has 0 saturated heterocycles. The number of hydrogen-bond acceptors (Lipinski definition) is 2. The van der Waals surface area contributed by atoms with Crippen molar-refractivity contribution < 1.29 is 4.21 Å². The van der Waals surface area contributed by atoms with E-state index in [1.807, 2.05) is 0 Å². The van der Waals surface area contributed by atoms with E-state index in [4.69, 9.17) is 0 Å². The standard InChI is InChI=1S/C13H29NOS/c1-7-9-14-12(13(4,5)6)10-16(15)11(3)8-2/h11-12,14H,7-10H2,1-6H3. The molecule has 0 aliphatic carbocycles. The largest absolute Gasteiger partial charge is 0.313 e. The van der Waals surface area contributed by atoms with Crippen LogP contribution in [0.5, 0.6) is 0 Å². The second-order valence-electron chi connectivity index (χ2n) is 5.64. The summed E-state index contributed by atoms with van der Waals surface area (Å²) in [6, 6.07) is 0.349. The van der Waals surface area contributed by atoms with Gasteiger partial charge in [0, 0.05) is 27.8 Å². The van der Waals surface area contributed by atoms with Crippen LogP contribution in [0.4, 0.5) is 0 Å². The third kappa shape index (κ3) is 6.00. The SMILES string of the molecule is CCCNC(CS(=O)C(C)CC)C(C)(C)C. The number of nitrogens with one attached hydrogen (secondary N) is 1. The van der Waals surface area contributed by atoms with Crippen LogP contribution in [-0.2, 0) is 10.8 Å². The molecule has 0 aromatic heterocycles. The summed E-state index contributed by atoms with van der Waals surface area (Å²) in [5.74, 6) is 0.776. The predicted octanol–water partition coefficient (Wildman–Crippen LogP) is 2.95. The molecular formula is C13H29NOS. The lowest BCUT2D eigenvalue weighted by Crippen LogP contribution is -2.45. The van der Waals surface area contributed by atoms with E-state index in [0.717, 1.165) is 25.1 Å². The van der Waals surface area contributed by atoms with E-state index >= 15 is 0 Å². The maximum absolute atomic E-state index is 12.1. The summed E-state index contributed by atoms with van der Waals surface area (Å²) >= 11 is 0. The Morgan fingerprint density at radius 1 is 1.25 bits per heavy atom. The van der Waals surface area contributed by atoms with Gasteiger partial charge in [-0.15, -0.1) is 0 Å². The van der Waals surface area contributed by atoms with Gasteiger partial charge in [0.25, 0.3) is 0 Å². The Bertz CT molecular complexity index is 210. The van der Waals surface area contributed by atoms with E-state index < -0.39 is 10.8 Å². The molecule has 3 unspecified atom stereocenters. The zero-order valence-electron chi connectivity index (χ0n) is 11.8. The average Bonchev–Trinajstić information content (AvgIpc) is 2.20. The van der Waals surface area contributed by atoms with Crippen LogP contribution in [0, 0.1) is 5.41 Å². The van der Waals surface area contributed by atoms with Crippen LogP contribution in [0.2, 0.25) is 0 Å². The van der Waals surface area contributed by atoms with Gasteiger partial charge >= 0.3 is 0 Å². The van der Waals surface area contributed by atoms with Gasteiger partial charge in [-0.25, -0.2) is 0 Å². The highest BCUT2D eigenvalue weighted by Crippen LogP contribution is 2.21. The van der Waals surface area contributed by atoms with Gasteiger partial charge in [0.05, 0.1) is 0 Å². The molecule has 1 N–H and O–H groups in total. The molecule has 0 saturated carbocycles. The lowest BCUT2D eigenvalue weighted by atomic mass is 9.88. The minimum atomic E-state index is -0.707. The highest BCUT2D eigenvalue weighted by Gasteiger charge is 2.26. The van der Waals surface area contributed by atoms with Crippen molar-refractivity contribution in [1.29, 1.82) is 0 Å². The molecule has 0 aromatic carbocycles. The molecule has 3 heteroatoms. The summed E-state index contributed by atoms with van der Waals surface area (Å²) in [6.45, 7) is 14.0. The van der Waals surface area contributed by atoms with Gasteiger partial charge in [-0.1, -0.05) is 41.5 Å². The molecule has 98 valence electrons. The normalized spacial score (nSPS) is 18.1. The van der Waals surface area contributed by atoms with Crippen molar-refractivity contribution in [2.24, 2.45) is 5.41 Å². The van der Waals surface area contributed by atoms with Gasteiger partial charge in [0.15, 0.2) is 0 Å². The zero-order valence-corrected chi connectivity index (χ0v) is 12.6. The molecule has 0 amide bonds. The van der Waals surface area contributed by atoms with Crippen molar-refractivity contribution in [3.8, 4) is 0 Å². The zero-order chi connectivity index (χ0) is 12.8. The van der Waals surface area contributed by atoms with Gasteiger partial charge in [-0.05, 0) is 24.8 Å². The summed E-state index contributed by atoms with van der Waals surface area (Å²) in [5, 5.41) is 3.84. The summed E-state index contributed by atoms with van der Waals surface area (Å²) in [5.41, 5.74) is 0.179. The molecule has 0 rings (SSSR count). The molecule has 16 heavy (non-hydrogen) atoms. The minimum Gasteiger partial charge on any atom is -0.313 e. The summed E-state index contributed by atoms with van der Waals surface area (Å²) in [4.78, 5) is 0. The Morgan fingerprint density at radius 3 is 2.19 bits per heavy atom. The third-order valence-corrected chi connectivity index (χ3v) is 4.93. The molecule has 0 spiro atoms. The maximum atomic E-state index is 12.1. The molecule has 2 nitrogen and oxygen atoms in total. The molecule has 0 bridgehead atoms. The Hall–Kier alpha value is 0.110. The lowest BCUT2D eigenvalue weighted by Gasteiger charge is -2.32. The monoisotopic (exact) mass is 247 g/mol. The Balaban J connectivity index is 4.37. The van der Waals surface area contributed by atoms with Gasteiger partial charge in [-0.2, -0.15) is 0 Å². The number of rotatable bonds is 7. The third-order valence-electron chi connectivity index (χ3n) is 3.04. The summed E-state index contributed by atoms with van der Waals surface area (Å²) in [6.07, 6.45) is 2.12. The van der Waals surface area contributed by atoms with Crippen LogP contribution in [0.1, 0.15) is 54.4 Å². The Kier molecular flexibility index (Phi) is 7.49. The second-order valence-corrected chi connectivity index (χ2v) is 7.54. The summed E-state index contributed by atoms with van der Waals surface area (Å²) in [7, 11) is -0.707. The first kappa shape index (κ1) is 16.1. The van der Waals surface area contributed by atoms with Crippen LogP contribution in [0.3, 0.4) is 0 Å². The van der Waals surface area contributed by atoms with Crippen molar-refractivity contribution in [2.45, 2.75) is 65.7 Å². The van der Waals surface area contributed by atoms with E-state index in [9.17, 15) is 4.21 Å².